The molecule has 1 aliphatic rings. The van der Waals surface area contributed by atoms with Crippen LogP contribution >= 0.6 is 0 Å². The molecule has 1 aliphatic carbocycles. The van der Waals surface area contributed by atoms with Crippen molar-refractivity contribution in [2.45, 2.75) is 25.3 Å². The Morgan fingerprint density at radius 3 is 2.90 bits per heavy atom. The maximum Gasteiger partial charge on any atom is 0.306 e. The van der Waals surface area contributed by atoms with Crippen LogP contribution in [0.1, 0.15) is 19.3 Å². The molecule has 1 N–H and O–H groups in total. The van der Waals surface area contributed by atoms with Gasteiger partial charge in [0, 0.05) is 12.6 Å². The van der Waals surface area contributed by atoms with E-state index in [0.717, 1.165) is 6.54 Å². The molecule has 10 heavy (non-hydrogen) atoms. The van der Waals surface area contributed by atoms with Crippen molar-refractivity contribution >= 4 is 5.97 Å². The zero-order valence-corrected chi connectivity index (χ0v) is 6.22. The Morgan fingerprint density at radius 2 is 2.40 bits per heavy atom. The first-order chi connectivity index (χ1) is 4.83. The summed E-state index contributed by atoms with van der Waals surface area (Å²) in [6.45, 7) is 0.761. The van der Waals surface area contributed by atoms with Crippen LogP contribution in [0, 0.1) is 0 Å². The van der Waals surface area contributed by atoms with E-state index in [4.69, 9.17) is 0 Å². The molecule has 0 aromatic carbocycles. The van der Waals surface area contributed by atoms with Gasteiger partial charge in [0.2, 0.25) is 0 Å². The van der Waals surface area contributed by atoms with Crippen molar-refractivity contribution in [3.8, 4) is 0 Å². The highest BCUT2D eigenvalue weighted by Crippen LogP contribution is 2.18. The van der Waals surface area contributed by atoms with Gasteiger partial charge in [-0.15, -0.1) is 0 Å². The molecule has 3 heteroatoms. The van der Waals surface area contributed by atoms with Gasteiger partial charge in [0.25, 0.3) is 0 Å². The van der Waals surface area contributed by atoms with Crippen LogP contribution in [0.15, 0.2) is 0 Å². The lowest BCUT2D eigenvalue weighted by Gasteiger charge is -1.99. The van der Waals surface area contributed by atoms with Crippen molar-refractivity contribution in [2.75, 3.05) is 13.7 Å². The van der Waals surface area contributed by atoms with Crippen LogP contribution in [0.25, 0.3) is 0 Å². The lowest BCUT2D eigenvalue weighted by Crippen LogP contribution is -2.20. The van der Waals surface area contributed by atoms with Gasteiger partial charge in [0.05, 0.1) is 13.5 Å². The molecule has 0 unspecified atom stereocenters. The van der Waals surface area contributed by atoms with Gasteiger partial charge in [0.15, 0.2) is 0 Å². The number of esters is 1. The van der Waals surface area contributed by atoms with E-state index in [-0.39, 0.29) is 5.97 Å². The van der Waals surface area contributed by atoms with E-state index in [0.29, 0.717) is 12.5 Å². The van der Waals surface area contributed by atoms with Crippen LogP contribution in [0.5, 0.6) is 0 Å². The Labute approximate surface area is 60.7 Å². The van der Waals surface area contributed by atoms with E-state index in [1.54, 1.807) is 0 Å². The third-order valence-electron chi connectivity index (χ3n) is 1.57. The van der Waals surface area contributed by atoms with Crippen LogP contribution < -0.4 is 5.32 Å². The van der Waals surface area contributed by atoms with Crippen molar-refractivity contribution < 1.29 is 9.53 Å². The second-order valence-corrected chi connectivity index (χ2v) is 2.55. The SMILES string of the molecule is COC(=O)CCNC1CC1. The number of rotatable bonds is 4. The van der Waals surface area contributed by atoms with Crippen LogP contribution in [0.3, 0.4) is 0 Å². The van der Waals surface area contributed by atoms with E-state index in [9.17, 15) is 4.79 Å². The molecule has 0 atom stereocenters. The second-order valence-electron chi connectivity index (χ2n) is 2.55. The lowest BCUT2D eigenvalue weighted by molar-refractivity contribution is -0.140. The molecule has 0 bridgehead atoms. The first-order valence-electron chi connectivity index (χ1n) is 3.63. The summed E-state index contributed by atoms with van der Waals surface area (Å²) in [7, 11) is 1.42. The lowest BCUT2D eigenvalue weighted by atomic mass is 10.4. The van der Waals surface area contributed by atoms with Gasteiger partial charge in [-0.05, 0) is 12.8 Å². The molecule has 0 amide bonds. The second kappa shape index (κ2) is 3.56. The zero-order valence-electron chi connectivity index (χ0n) is 6.22. The Morgan fingerprint density at radius 1 is 1.70 bits per heavy atom. The fraction of sp³-hybridized carbons (Fsp3) is 0.857. The van der Waals surface area contributed by atoms with E-state index in [1.165, 1.54) is 20.0 Å². The maximum atomic E-state index is 10.6. The minimum atomic E-state index is -0.131. The zero-order chi connectivity index (χ0) is 7.40. The monoisotopic (exact) mass is 143 g/mol. The third-order valence-corrected chi connectivity index (χ3v) is 1.57. The van der Waals surface area contributed by atoms with E-state index < -0.39 is 0 Å². The largest absolute Gasteiger partial charge is 0.469 e. The molecular weight excluding hydrogens is 130 g/mol. The third kappa shape index (κ3) is 2.82. The Kier molecular flexibility index (Phi) is 2.68. The normalized spacial score (nSPS) is 16.9. The van der Waals surface area contributed by atoms with Gasteiger partial charge in [-0.1, -0.05) is 0 Å². The molecule has 0 radical (unpaired) electrons. The number of hydrogen-bond donors (Lipinski definition) is 1. The number of hydrogen-bond acceptors (Lipinski definition) is 3. The molecule has 3 nitrogen and oxygen atoms in total. The summed E-state index contributed by atoms with van der Waals surface area (Å²) in [5.74, 6) is -0.131. The summed E-state index contributed by atoms with van der Waals surface area (Å²) in [5, 5.41) is 3.22. The average molecular weight is 143 g/mol. The average Bonchev–Trinajstić information content (AvgIpc) is 2.71. The quantitative estimate of drug-likeness (QED) is 0.575. The van der Waals surface area contributed by atoms with E-state index in [2.05, 4.69) is 10.1 Å². The first-order valence-corrected chi connectivity index (χ1v) is 3.63. The van der Waals surface area contributed by atoms with Crippen molar-refractivity contribution in [3.63, 3.8) is 0 Å². The summed E-state index contributed by atoms with van der Waals surface area (Å²) in [6, 6.07) is 0.685. The predicted octanol–water partition coefficient (Wildman–Crippen LogP) is 0.301. The molecule has 1 rings (SSSR count). The van der Waals surface area contributed by atoms with Crippen molar-refractivity contribution in [1.82, 2.24) is 5.32 Å². The molecule has 0 aromatic rings. The Balaban J connectivity index is 1.88. The van der Waals surface area contributed by atoms with Gasteiger partial charge in [-0.3, -0.25) is 4.79 Å². The molecule has 1 saturated carbocycles. The van der Waals surface area contributed by atoms with Gasteiger partial charge in [-0.2, -0.15) is 0 Å². The number of carbonyl (C=O) groups is 1. The van der Waals surface area contributed by atoms with Gasteiger partial charge < -0.3 is 10.1 Å². The Hall–Kier alpha value is -0.570. The minimum absolute atomic E-state index is 0.131. The molecule has 0 heterocycles. The fourth-order valence-corrected chi connectivity index (χ4v) is 0.768. The van der Waals surface area contributed by atoms with Crippen LogP contribution in [-0.2, 0) is 9.53 Å². The number of nitrogens with one attached hydrogen (secondary N) is 1. The van der Waals surface area contributed by atoms with Gasteiger partial charge in [-0.25, -0.2) is 0 Å². The van der Waals surface area contributed by atoms with Crippen molar-refractivity contribution in [1.29, 1.82) is 0 Å². The molecular formula is C7H13NO2. The number of methoxy groups -OCH3 is 1. The number of ether oxygens (including phenoxy) is 1. The highest BCUT2D eigenvalue weighted by Gasteiger charge is 2.19. The summed E-state index contributed by atoms with van der Waals surface area (Å²) >= 11 is 0. The topological polar surface area (TPSA) is 38.3 Å². The van der Waals surface area contributed by atoms with Gasteiger partial charge >= 0.3 is 5.97 Å². The fourth-order valence-electron chi connectivity index (χ4n) is 0.768. The summed E-state index contributed by atoms with van der Waals surface area (Å²) in [4.78, 5) is 10.6. The highest BCUT2D eigenvalue weighted by molar-refractivity contribution is 5.69. The Bertz CT molecular complexity index is 121. The molecule has 0 aromatic heterocycles. The summed E-state index contributed by atoms with van der Waals surface area (Å²) in [5.41, 5.74) is 0. The predicted molar refractivity (Wildman–Crippen MR) is 37.7 cm³/mol. The molecule has 1 fully saturated rings. The standard InChI is InChI=1S/C7H13NO2/c1-10-7(9)4-5-8-6-2-3-6/h6,8H,2-5H2,1H3. The minimum Gasteiger partial charge on any atom is -0.469 e. The van der Waals surface area contributed by atoms with E-state index >= 15 is 0 Å². The molecule has 58 valence electrons. The van der Waals surface area contributed by atoms with Crippen molar-refractivity contribution in [3.05, 3.63) is 0 Å². The first kappa shape index (κ1) is 7.54. The number of carbonyl (C=O) groups excluding carboxylic acids is 1. The molecule has 0 aliphatic heterocycles. The smallest absolute Gasteiger partial charge is 0.306 e. The van der Waals surface area contributed by atoms with Gasteiger partial charge in [0.1, 0.15) is 0 Å². The van der Waals surface area contributed by atoms with Crippen LogP contribution in [0.2, 0.25) is 0 Å². The van der Waals surface area contributed by atoms with Crippen molar-refractivity contribution in [2.24, 2.45) is 0 Å². The van der Waals surface area contributed by atoms with Crippen LogP contribution in [0.4, 0.5) is 0 Å². The van der Waals surface area contributed by atoms with Crippen LogP contribution in [-0.4, -0.2) is 25.7 Å². The van der Waals surface area contributed by atoms with E-state index in [1.807, 2.05) is 0 Å². The molecule has 0 saturated heterocycles. The maximum absolute atomic E-state index is 10.6. The summed E-state index contributed by atoms with van der Waals surface area (Å²) < 4.78 is 4.47. The summed E-state index contributed by atoms with van der Waals surface area (Å²) in [6.07, 6.45) is 3.02. The molecule has 0 spiro atoms. The highest BCUT2D eigenvalue weighted by atomic mass is 16.5.